The zero-order valence-electron chi connectivity index (χ0n) is 10.1. The third-order valence-electron chi connectivity index (χ3n) is 2.82. The Kier molecular flexibility index (Phi) is 2.64. The molecule has 0 aliphatic carbocycles. The molecule has 3 rings (SSSR count). The number of anilines is 1. The van der Waals surface area contributed by atoms with Crippen LogP contribution in [-0.4, -0.2) is 14.5 Å². The summed E-state index contributed by atoms with van der Waals surface area (Å²) in [7, 11) is 0. The molecule has 0 atom stereocenters. The summed E-state index contributed by atoms with van der Waals surface area (Å²) >= 11 is 5.79. The number of benzene rings is 1. The van der Waals surface area contributed by atoms with Crippen LogP contribution in [0.25, 0.3) is 16.9 Å². The summed E-state index contributed by atoms with van der Waals surface area (Å²) < 4.78 is 14.8. The monoisotopic (exact) mass is 276 g/mol. The van der Waals surface area contributed by atoms with Crippen molar-refractivity contribution in [2.45, 2.75) is 6.92 Å². The minimum atomic E-state index is -0.475. The van der Waals surface area contributed by atoms with E-state index in [4.69, 9.17) is 17.3 Å². The van der Waals surface area contributed by atoms with Gasteiger partial charge in [0.2, 0.25) is 5.95 Å². The van der Waals surface area contributed by atoms with Crippen LogP contribution in [0.2, 0.25) is 5.02 Å². The standard InChI is InChI=1S/C13H10ClFN4/c1-7-4-11-12(17-6-7)19(13(16)18-11)8-2-3-10(15)9(14)5-8/h2-6H,1H3,(H2,16,18). The number of rotatable bonds is 1. The molecule has 6 heteroatoms. The summed E-state index contributed by atoms with van der Waals surface area (Å²) in [5.74, 6) is -0.187. The predicted octanol–water partition coefficient (Wildman–Crippen LogP) is 3.10. The molecule has 0 amide bonds. The lowest BCUT2D eigenvalue weighted by Gasteiger charge is -2.06. The van der Waals surface area contributed by atoms with Gasteiger partial charge in [-0.3, -0.25) is 4.57 Å². The molecular weight excluding hydrogens is 267 g/mol. The lowest BCUT2D eigenvalue weighted by molar-refractivity contribution is 0.628. The fourth-order valence-electron chi connectivity index (χ4n) is 1.96. The highest BCUT2D eigenvalue weighted by atomic mass is 35.5. The van der Waals surface area contributed by atoms with Gasteiger partial charge in [-0.25, -0.2) is 14.4 Å². The zero-order valence-corrected chi connectivity index (χ0v) is 10.8. The van der Waals surface area contributed by atoms with Crippen molar-refractivity contribution in [2.24, 2.45) is 0 Å². The summed E-state index contributed by atoms with van der Waals surface area (Å²) in [6, 6.07) is 6.26. The highest BCUT2D eigenvalue weighted by Crippen LogP contribution is 2.25. The Balaban J connectivity index is 2.29. The predicted molar refractivity (Wildman–Crippen MR) is 73.0 cm³/mol. The molecule has 0 aliphatic rings. The molecule has 2 N–H and O–H groups in total. The van der Waals surface area contributed by atoms with Gasteiger partial charge in [0.25, 0.3) is 0 Å². The molecule has 4 nitrogen and oxygen atoms in total. The molecule has 0 saturated carbocycles. The molecule has 0 spiro atoms. The van der Waals surface area contributed by atoms with Crippen molar-refractivity contribution in [3.05, 3.63) is 46.9 Å². The number of nitrogen functional groups attached to an aromatic ring is 1. The van der Waals surface area contributed by atoms with Gasteiger partial charge < -0.3 is 5.73 Å². The molecule has 0 fully saturated rings. The zero-order chi connectivity index (χ0) is 13.6. The average molecular weight is 277 g/mol. The van der Waals surface area contributed by atoms with Gasteiger partial charge in [0.1, 0.15) is 11.3 Å². The number of aromatic nitrogens is 3. The minimum absolute atomic E-state index is 0.0332. The summed E-state index contributed by atoms with van der Waals surface area (Å²) in [6.07, 6.45) is 1.73. The van der Waals surface area contributed by atoms with Crippen LogP contribution in [0.3, 0.4) is 0 Å². The van der Waals surface area contributed by atoms with Crippen LogP contribution in [0.1, 0.15) is 5.56 Å². The van der Waals surface area contributed by atoms with E-state index >= 15 is 0 Å². The smallest absolute Gasteiger partial charge is 0.207 e. The first kappa shape index (κ1) is 11.9. The first-order chi connectivity index (χ1) is 9.06. The third-order valence-corrected chi connectivity index (χ3v) is 3.11. The van der Waals surface area contributed by atoms with E-state index in [-0.39, 0.29) is 11.0 Å². The van der Waals surface area contributed by atoms with Gasteiger partial charge in [-0.2, -0.15) is 0 Å². The topological polar surface area (TPSA) is 56.7 Å². The van der Waals surface area contributed by atoms with Crippen LogP contribution in [0.15, 0.2) is 30.5 Å². The maximum atomic E-state index is 13.2. The van der Waals surface area contributed by atoms with Gasteiger partial charge in [-0.1, -0.05) is 11.6 Å². The van der Waals surface area contributed by atoms with Crippen molar-refractivity contribution in [1.29, 1.82) is 0 Å². The van der Waals surface area contributed by atoms with Crippen LogP contribution in [-0.2, 0) is 0 Å². The maximum absolute atomic E-state index is 13.2. The van der Waals surface area contributed by atoms with Crippen molar-refractivity contribution in [3.8, 4) is 5.69 Å². The molecule has 0 radical (unpaired) electrons. The van der Waals surface area contributed by atoms with Crippen molar-refractivity contribution in [2.75, 3.05) is 5.73 Å². The Morgan fingerprint density at radius 2 is 2.11 bits per heavy atom. The number of hydrogen-bond acceptors (Lipinski definition) is 3. The van der Waals surface area contributed by atoms with Crippen LogP contribution in [0.4, 0.5) is 10.3 Å². The number of aryl methyl sites for hydroxylation is 1. The molecule has 0 unspecified atom stereocenters. The lowest BCUT2D eigenvalue weighted by Crippen LogP contribution is -2.01. The normalized spacial score (nSPS) is 11.1. The molecule has 0 saturated heterocycles. The summed E-state index contributed by atoms with van der Waals surface area (Å²) in [5.41, 5.74) is 8.83. The average Bonchev–Trinajstić information content (AvgIpc) is 2.68. The van der Waals surface area contributed by atoms with E-state index in [1.807, 2.05) is 13.0 Å². The molecule has 2 heterocycles. The second-order valence-corrected chi connectivity index (χ2v) is 4.67. The van der Waals surface area contributed by atoms with Gasteiger partial charge >= 0.3 is 0 Å². The third kappa shape index (κ3) is 1.92. The SMILES string of the molecule is Cc1cnc2c(c1)nc(N)n2-c1ccc(F)c(Cl)c1. The minimum Gasteiger partial charge on any atom is -0.369 e. The number of nitrogens with two attached hydrogens (primary N) is 1. The fraction of sp³-hybridized carbons (Fsp3) is 0.0769. The molecular formula is C13H10ClFN4. The summed E-state index contributed by atoms with van der Waals surface area (Å²) in [5, 5.41) is 0.0332. The van der Waals surface area contributed by atoms with Gasteiger partial charge in [-0.05, 0) is 36.8 Å². The van der Waals surface area contributed by atoms with E-state index in [9.17, 15) is 4.39 Å². The first-order valence-corrected chi connectivity index (χ1v) is 6.00. The van der Waals surface area contributed by atoms with Crippen molar-refractivity contribution >= 4 is 28.7 Å². The van der Waals surface area contributed by atoms with Gasteiger partial charge in [-0.15, -0.1) is 0 Å². The van der Waals surface area contributed by atoms with Crippen molar-refractivity contribution < 1.29 is 4.39 Å². The van der Waals surface area contributed by atoms with Crippen LogP contribution in [0.5, 0.6) is 0 Å². The second kappa shape index (κ2) is 4.20. The Morgan fingerprint density at radius 3 is 2.84 bits per heavy atom. The van der Waals surface area contributed by atoms with E-state index in [1.165, 1.54) is 12.1 Å². The lowest BCUT2D eigenvalue weighted by atomic mass is 10.3. The van der Waals surface area contributed by atoms with Crippen molar-refractivity contribution in [3.63, 3.8) is 0 Å². The second-order valence-electron chi connectivity index (χ2n) is 4.26. The maximum Gasteiger partial charge on any atom is 0.207 e. The number of halogens is 2. The quantitative estimate of drug-likeness (QED) is 0.743. The highest BCUT2D eigenvalue weighted by molar-refractivity contribution is 6.30. The first-order valence-electron chi connectivity index (χ1n) is 5.62. The number of hydrogen-bond donors (Lipinski definition) is 1. The Hall–Kier alpha value is -2.14. The van der Waals surface area contributed by atoms with E-state index in [1.54, 1.807) is 16.8 Å². The largest absolute Gasteiger partial charge is 0.369 e. The Morgan fingerprint density at radius 1 is 1.32 bits per heavy atom. The summed E-state index contributed by atoms with van der Waals surface area (Å²) in [6.45, 7) is 1.93. The fourth-order valence-corrected chi connectivity index (χ4v) is 2.14. The highest BCUT2D eigenvalue weighted by Gasteiger charge is 2.12. The van der Waals surface area contributed by atoms with Crippen molar-refractivity contribution in [1.82, 2.24) is 14.5 Å². The van der Waals surface area contributed by atoms with E-state index in [0.29, 0.717) is 16.9 Å². The molecule has 96 valence electrons. The molecule has 2 aromatic heterocycles. The van der Waals surface area contributed by atoms with Gasteiger partial charge in [0.05, 0.1) is 10.7 Å². The Labute approximate surface area is 113 Å². The number of nitrogens with zero attached hydrogens (tertiary/aromatic N) is 3. The van der Waals surface area contributed by atoms with E-state index in [0.717, 1.165) is 5.56 Å². The van der Waals surface area contributed by atoms with Crippen LogP contribution in [0, 0.1) is 12.7 Å². The van der Waals surface area contributed by atoms with Gasteiger partial charge in [0, 0.05) is 6.20 Å². The van der Waals surface area contributed by atoms with Crippen LogP contribution >= 0.6 is 11.6 Å². The van der Waals surface area contributed by atoms with E-state index < -0.39 is 5.82 Å². The molecule has 3 aromatic rings. The Bertz CT molecular complexity index is 782. The summed E-state index contributed by atoms with van der Waals surface area (Å²) in [4.78, 5) is 8.56. The van der Waals surface area contributed by atoms with Gasteiger partial charge in [0.15, 0.2) is 5.65 Å². The molecule has 0 bridgehead atoms. The molecule has 1 aromatic carbocycles. The number of pyridine rings is 1. The van der Waals surface area contributed by atoms with Crippen LogP contribution < -0.4 is 5.73 Å². The van der Waals surface area contributed by atoms with E-state index in [2.05, 4.69) is 9.97 Å². The molecule has 19 heavy (non-hydrogen) atoms. The molecule has 0 aliphatic heterocycles. The number of imidazole rings is 1. The number of fused-ring (bicyclic) bond motifs is 1.